The molecule has 0 fully saturated rings. The fourth-order valence-corrected chi connectivity index (χ4v) is 1.69. The van der Waals surface area contributed by atoms with Gasteiger partial charge in [0.05, 0.1) is 16.6 Å². The quantitative estimate of drug-likeness (QED) is 0.734. The number of aromatic nitrogens is 2. The van der Waals surface area contributed by atoms with Gasteiger partial charge < -0.3 is 15.1 Å². The highest BCUT2D eigenvalue weighted by Crippen LogP contribution is 2.16. The van der Waals surface area contributed by atoms with E-state index < -0.39 is 5.60 Å². The van der Waals surface area contributed by atoms with Gasteiger partial charge in [0.2, 0.25) is 0 Å². The minimum Gasteiger partial charge on any atom is -0.390 e. The molecule has 16 heavy (non-hydrogen) atoms. The van der Waals surface area contributed by atoms with Crippen molar-refractivity contribution in [1.29, 1.82) is 0 Å². The molecule has 0 amide bonds. The number of benzene rings is 1. The van der Waals surface area contributed by atoms with Crippen molar-refractivity contribution in [2.24, 2.45) is 0 Å². The summed E-state index contributed by atoms with van der Waals surface area (Å²) in [5, 5.41) is 9.63. The lowest BCUT2D eigenvalue weighted by Crippen LogP contribution is -2.19. The van der Waals surface area contributed by atoms with Gasteiger partial charge in [0.1, 0.15) is 0 Å². The van der Waals surface area contributed by atoms with Gasteiger partial charge in [-0.3, -0.25) is 0 Å². The number of hydrogen-bond acceptors (Lipinski definition) is 2. The van der Waals surface area contributed by atoms with Crippen LogP contribution in [-0.2, 0) is 6.42 Å². The number of aliphatic hydroxyl groups is 1. The Kier molecular flexibility index (Phi) is 2.59. The zero-order valence-corrected chi connectivity index (χ0v) is 9.50. The molecule has 0 spiro atoms. The van der Waals surface area contributed by atoms with E-state index in [1.807, 2.05) is 18.2 Å². The van der Waals surface area contributed by atoms with Crippen LogP contribution in [0.15, 0.2) is 23.0 Å². The first-order chi connectivity index (χ1) is 7.44. The summed E-state index contributed by atoms with van der Waals surface area (Å²) >= 11 is 0. The third-order valence-corrected chi connectivity index (χ3v) is 2.61. The molecular formula is C12H16N2O2. The predicted octanol–water partition coefficient (Wildman–Crippen LogP) is 1.56. The lowest BCUT2D eigenvalue weighted by Gasteiger charge is -2.16. The smallest absolute Gasteiger partial charge is 0.323 e. The molecule has 0 aliphatic rings. The molecule has 2 rings (SSSR count). The molecule has 4 nitrogen and oxygen atoms in total. The molecule has 0 saturated carbocycles. The Hall–Kier alpha value is -1.55. The van der Waals surface area contributed by atoms with E-state index in [9.17, 15) is 9.90 Å². The zero-order valence-electron chi connectivity index (χ0n) is 9.50. The van der Waals surface area contributed by atoms with Gasteiger partial charge in [0.25, 0.3) is 0 Å². The van der Waals surface area contributed by atoms with Crippen molar-refractivity contribution in [2.75, 3.05) is 0 Å². The number of aryl methyl sites for hydroxylation is 1. The Morgan fingerprint density at radius 3 is 2.62 bits per heavy atom. The second-order valence-corrected chi connectivity index (χ2v) is 4.77. The first-order valence-corrected chi connectivity index (χ1v) is 5.37. The molecule has 1 aromatic carbocycles. The van der Waals surface area contributed by atoms with Gasteiger partial charge in [-0.1, -0.05) is 6.07 Å². The normalized spacial score (nSPS) is 12.2. The summed E-state index contributed by atoms with van der Waals surface area (Å²) in [6, 6.07) is 5.80. The molecule has 3 N–H and O–H groups in total. The average molecular weight is 220 g/mol. The predicted molar refractivity (Wildman–Crippen MR) is 63.5 cm³/mol. The number of hydrogen-bond donors (Lipinski definition) is 3. The molecule has 2 aromatic rings. The standard InChI is InChI=1S/C12H16N2O2/c1-12(2,16)6-5-8-3-4-9-10(7-8)14-11(15)13-9/h3-4,7,16H,5-6H2,1-2H3,(H2,13,14,15). The Balaban J connectivity index is 2.22. The van der Waals surface area contributed by atoms with Crippen LogP contribution in [0.25, 0.3) is 11.0 Å². The molecule has 86 valence electrons. The average Bonchev–Trinajstić information content (AvgIpc) is 2.52. The highest BCUT2D eigenvalue weighted by molar-refractivity contribution is 5.74. The second kappa shape index (κ2) is 3.79. The number of aromatic amines is 2. The summed E-state index contributed by atoms with van der Waals surface area (Å²) in [6.45, 7) is 3.59. The van der Waals surface area contributed by atoms with E-state index in [2.05, 4.69) is 9.97 Å². The molecule has 0 radical (unpaired) electrons. The summed E-state index contributed by atoms with van der Waals surface area (Å²) in [5.74, 6) is 0. The van der Waals surface area contributed by atoms with E-state index in [1.54, 1.807) is 13.8 Å². The van der Waals surface area contributed by atoms with E-state index >= 15 is 0 Å². The van der Waals surface area contributed by atoms with Crippen LogP contribution >= 0.6 is 0 Å². The van der Waals surface area contributed by atoms with E-state index in [0.717, 1.165) is 23.0 Å². The highest BCUT2D eigenvalue weighted by Gasteiger charge is 2.12. The minimum absolute atomic E-state index is 0.186. The van der Waals surface area contributed by atoms with Crippen molar-refractivity contribution in [3.8, 4) is 0 Å². The maximum Gasteiger partial charge on any atom is 0.323 e. The summed E-state index contributed by atoms with van der Waals surface area (Å²) < 4.78 is 0. The lowest BCUT2D eigenvalue weighted by atomic mass is 9.99. The molecule has 0 saturated heterocycles. The monoisotopic (exact) mass is 220 g/mol. The van der Waals surface area contributed by atoms with Crippen molar-refractivity contribution in [2.45, 2.75) is 32.3 Å². The Morgan fingerprint density at radius 1 is 1.25 bits per heavy atom. The topological polar surface area (TPSA) is 68.9 Å². The van der Waals surface area contributed by atoms with Crippen LogP contribution in [0.2, 0.25) is 0 Å². The molecule has 0 aliphatic heterocycles. The zero-order chi connectivity index (χ0) is 11.8. The Bertz CT molecular complexity index is 546. The van der Waals surface area contributed by atoms with Gasteiger partial charge in [-0.25, -0.2) is 4.79 Å². The number of H-pyrrole nitrogens is 2. The maximum absolute atomic E-state index is 11.1. The number of rotatable bonds is 3. The van der Waals surface area contributed by atoms with Crippen molar-refractivity contribution in [1.82, 2.24) is 9.97 Å². The van der Waals surface area contributed by atoms with E-state index in [1.165, 1.54) is 0 Å². The van der Waals surface area contributed by atoms with Crippen LogP contribution < -0.4 is 5.69 Å². The minimum atomic E-state index is -0.652. The van der Waals surface area contributed by atoms with Crippen LogP contribution in [0.5, 0.6) is 0 Å². The molecule has 0 aliphatic carbocycles. The SMILES string of the molecule is CC(C)(O)CCc1ccc2[nH]c(=O)[nH]c2c1. The van der Waals surface area contributed by atoms with E-state index in [4.69, 9.17) is 0 Å². The Morgan fingerprint density at radius 2 is 1.94 bits per heavy atom. The Labute approximate surface area is 93.3 Å². The molecule has 1 aromatic heterocycles. The highest BCUT2D eigenvalue weighted by atomic mass is 16.3. The summed E-state index contributed by atoms with van der Waals surface area (Å²) in [7, 11) is 0. The van der Waals surface area contributed by atoms with Crippen molar-refractivity contribution in [3.63, 3.8) is 0 Å². The largest absolute Gasteiger partial charge is 0.390 e. The van der Waals surface area contributed by atoms with Crippen LogP contribution in [0.3, 0.4) is 0 Å². The van der Waals surface area contributed by atoms with Crippen LogP contribution in [-0.4, -0.2) is 20.7 Å². The third kappa shape index (κ3) is 2.52. The molecule has 0 bridgehead atoms. The molecule has 0 atom stereocenters. The second-order valence-electron chi connectivity index (χ2n) is 4.77. The summed E-state index contributed by atoms with van der Waals surface area (Å²) in [4.78, 5) is 16.5. The fourth-order valence-electron chi connectivity index (χ4n) is 1.69. The van der Waals surface area contributed by atoms with Crippen LogP contribution in [0, 0.1) is 0 Å². The van der Waals surface area contributed by atoms with E-state index in [0.29, 0.717) is 6.42 Å². The van der Waals surface area contributed by atoms with Crippen molar-refractivity contribution >= 4 is 11.0 Å². The van der Waals surface area contributed by atoms with Gasteiger partial charge in [-0.2, -0.15) is 0 Å². The molecule has 0 unspecified atom stereocenters. The van der Waals surface area contributed by atoms with Crippen molar-refractivity contribution in [3.05, 3.63) is 34.2 Å². The van der Waals surface area contributed by atoms with Gasteiger partial charge >= 0.3 is 5.69 Å². The summed E-state index contributed by atoms with van der Waals surface area (Å²) in [5.41, 5.74) is 1.91. The van der Waals surface area contributed by atoms with E-state index in [-0.39, 0.29) is 5.69 Å². The molecule has 1 heterocycles. The first kappa shape index (κ1) is 11.0. The molecular weight excluding hydrogens is 204 g/mol. The van der Waals surface area contributed by atoms with Gasteiger partial charge in [-0.05, 0) is 44.4 Å². The molecule has 4 heteroatoms. The lowest BCUT2D eigenvalue weighted by molar-refractivity contribution is 0.0714. The van der Waals surface area contributed by atoms with Gasteiger partial charge in [-0.15, -0.1) is 0 Å². The first-order valence-electron chi connectivity index (χ1n) is 5.37. The van der Waals surface area contributed by atoms with Crippen LogP contribution in [0.4, 0.5) is 0 Å². The van der Waals surface area contributed by atoms with Gasteiger partial charge in [0, 0.05) is 0 Å². The summed E-state index contributed by atoms with van der Waals surface area (Å²) in [6.07, 6.45) is 1.50. The number of imidazole rings is 1. The maximum atomic E-state index is 11.1. The van der Waals surface area contributed by atoms with Gasteiger partial charge in [0.15, 0.2) is 0 Å². The van der Waals surface area contributed by atoms with Crippen molar-refractivity contribution < 1.29 is 5.11 Å². The third-order valence-electron chi connectivity index (χ3n) is 2.61. The van der Waals surface area contributed by atoms with Crippen LogP contribution in [0.1, 0.15) is 25.8 Å². The number of nitrogens with one attached hydrogen (secondary N) is 2. The fraction of sp³-hybridized carbons (Fsp3) is 0.417. The number of fused-ring (bicyclic) bond motifs is 1.